The van der Waals surface area contributed by atoms with Crippen LogP contribution < -0.4 is 10.1 Å². The van der Waals surface area contributed by atoms with Crippen LogP contribution in [0.5, 0.6) is 5.75 Å². The van der Waals surface area contributed by atoms with E-state index in [-0.39, 0.29) is 11.7 Å². The van der Waals surface area contributed by atoms with E-state index in [9.17, 15) is 4.79 Å². The van der Waals surface area contributed by atoms with Crippen LogP contribution in [0.25, 0.3) is 16.8 Å². The van der Waals surface area contributed by atoms with Gasteiger partial charge in [0.1, 0.15) is 10.8 Å². The standard InChI is InChI=1S/C24H23ClN4O2S/c1-15-12-22(32-14-21(30)26-13-17-8-10-18(25)11-9-17)29-24(27-15)23(16(2)28-29)19-6-4-5-7-20(19)31-3/h4-12H,13-14H2,1-3H3,(H,26,30). The molecule has 0 unspecified atom stereocenters. The molecule has 164 valence electrons. The van der Waals surface area contributed by atoms with Gasteiger partial charge in [-0.2, -0.15) is 5.10 Å². The van der Waals surface area contributed by atoms with Crippen molar-refractivity contribution < 1.29 is 9.53 Å². The van der Waals surface area contributed by atoms with Crippen molar-refractivity contribution in [1.82, 2.24) is 19.9 Å². The monoisotopic (exact) mass is 466 g/mol. The van der Waals surface area contributed by atoms with Gasteiger partial charge >= 0.3 is 0 Å². The maximum Gasteiger partial charge on any atom is 0.230 e. The second-order valence-corrected chi connectivity index (χ2v) is 8.76. The third-order valence-electron chi connectivity index (χ3n) is 4.99. The van der Waals surface area contributed by atoms with Crippen LogP contribution in [-0.2, 0) is 11.3 Å². The first-order chi connectivity index (χ1) is 15.5. The predicted octanol–water partition coefficient (Wildman–Crippen LogP) is 5.08. The Morgan fingerprint density at radius 3 is 2.66 bits per heavy atom. The van der Waals surface area contributed by atoms with E-state index in [1.165, 1.54) is 11.8 Å². The minimum Gasteiger partial charge on any atom is -0.496 e. The lowest BCUT2D eigenvalue weighted by atomic mass is 10.1. The van der Waals surface area contributed by atoms with Crippen molar-refractivity contribution in [3.05, 3.63) is 76.6 Å². The highest BCUT2D eigenvalue weighted by atomic mass is 35.5. The van der Waals surface area contributed by atoms with Gasteiger partial charge in [-0.05, 0) is 43.7 Å². The lowest BCUT2D eigenvalue weighted by Crippen LogP contribution is -2.24. The van der Waals surface area contributed by atoms with Crippen LogP contribution in [0.4, 0.5) is 0 Å². The second-order valence-electron chi connectivity index (χ2n) is 7.32. The Labute approximate surface area is 196 Å². The van der Waals surface area contributed by atoms with E-state index in [0.29, 0.717) is 11.6 Å². The molecule has 32 heavy (non-hydrogen) atoms. The van der Waals surface area contributed by atoms with Crippen molar-refractivity contribution in [1.29, 1.82) is 0 Å². The van der Waals surface area contributed by atoms with Gasteiger partial charge < -0.3 is 10.1 Å². The van der Waals surface area contributed by atoms with Crippen LogP contribution in [0.15, 0.2) is 59.6 Å². The molecule has 1 N–H and O–H groups in total. The van der Waals surface area contributed by atoms with Gasteiger partial charge in [-0.15, -0.1) is 0 Å². The van der Waals surface area contributed by atoms with E-state index in [2.05, 4.69) is 5.32 Å². The molecule has 8 heteroatoms. The lowest BCUT2D eigenvalue weighted by molar-refractivity contribution is -0.118. The summed E-state index contributed by atoms with van der Waals surface area (Å²) >= 11 is 7.34. The normalized spacial score (nSPS) is 11.0. The fraction of sp³-hybridized carbons (Fsp3) is 0.208. The van der Waals surface area contributed by atoms with Crippen molar-refractivity contribution in [3.8, 4) is 16.9 Å². The van der Waals surface area contributed by atoms with Gasteiger partial charge in [0.05, 0.1) is 24.1 Å². The summed E-state index contributed by atoms with van der Waals surface area (Å²) in [6.07, 6.45) is 0. The molecular weight excluding hydrogens is 444 g/mol. The number of benzene rings is 2. The third kappa shape index (κ3) is 4.74. The Hall–Kier alpha value is -3.03. The molecule has 2 aromatic heterocycles. The molecular formula is C24H23ClN4O2S. The molecule has 2 heterocycles. The van der Waals surface area contributed by atoms with Gasteiger partial charge in [0.2, 0.25) is 5.91 Å². The zero-order chi connectivity index (χ0) is 22.7. The number of nitrogens with one attached hydrogen (secondary N) is 1. The first-order valence-electron chi connectivity index (χ1n) is 10.1. The van der Waals surface area contributed by atoms with Gasteiger partial charge in [-0.1, -0.05) is 53.7 Å². The summed E-state index contributed by atoms with van der Waals surface area (Å²) in [5.41, 5.74) is 5.33. The summed E-state index contributed by atoms with van der Waals surface area (Å²) in [6, 6.07) is 17.2. The quantitative estimate of drug-likeness (QED) is 0.303. The molecule has 4 rings (SSSR count). The van der Waals surface area contributed by atoms with Crippen LogP contribution in [-0.4, -0.2) is 33.4 Å². The number of para-hydroxylation sites is 1. The summed E-state index contributed by atoms with van der Waals surface area (Å²) in [5.74, 6) is 0.987. The van der Waals surface area contributed by atoms with E-state index in [1.54, 1.807) is 11.6 Å². The second kappa shape index (κ2) is 9.63. The van der Waals surface area contributed by atoms with Crippen LogP contribution in [0.1, 0.15) is 17.0 Å². The van der Waals surface area contributed by atoms with Gasteiger partial charge in [-0.25, -0.2) is 9.50 Å². The highest BCUT2D eigenvalue weighted by Gasteiger charge is 2.19. The van der Waals surface area contributed by atoms with Crippen LogP contribution >= 0.6 is 23.4 Å². The largest absolute Gasteiger partial charge is 0.496 e. The van der Waals surface area contributed by atoms with E-state index in [1.807, 2.05) is 68.4 Å². The molecule has 6 nitrogen and oxygen atoms in total. The van der Waals surface area contributed by atoms with Crippen molar-refractivity contribution in [2.75, 3.05) is 12.9 Å². The number of thioether (sulfide) groups is 1. The topological polar surface area (TPSA) is 68.5 Å². The number of hydrogen-bond donors (Lipinski definition) is 1. The zero-order valence-corrected chi connectivity index (χ0v) is 19.6. The Morgan fingerprint density at radius 2 is 1.91 bits per heavy atom. The number of hydrogen-bond acceptors (Lipinski definition) is 5. The number of amides is 1. The lowest BCUT2D eigenvalue weighted by Gasteiger charge is -2.09. The average molecular weight is 467 g/mol. The molecule has 0 saturated carbocycles. The molecule has 0 bridgehead atoms. The van der Waals surface area contributed by atoms with Crippen molar-refractivity contribution in [3.63, 3.8) is 0 Å². The summed E-state index contributed by atoms with van der Waals surface area (Å²) in [5, 5.41) is 9.20. The first-order valence-corrected chi connectivity index (χ1v) is 11.5. The molecule has 0 saturated heterocycles. The smallest absolute Gasteiger partial charge is 0.230 e. The maximum atomic E-state index is 12.4. The highest BCUT2D eigenvalue weighted by molar-refractivity contribution is 7.99. The number of fused-ring (bicyclic) bond motifs is 1. The van der Waals surface area contributed by atoms with E-state index in [4.69, 9.17) is 26.4 Å². The summed E-state index contributed by atoms with van der Waals surface area (Å²) < 4.78 is 7.36. The molecule has 0 aliphatic rings. The number of nitrogens with zero attached hydrogens (tertiary/aromatic N) is 3. The minimum atomic E-state index is -0.0543. The van der Waals surface area contributed by atoms with Crippen molar-refractivity contribution in [2.24, 2.45) is 0 Å². The molecule has 0 fully saturated rings. The average Bonchev–Trinajstić information content (AvgIpc) is 3.12. The predicted molar refractivity (Wildman–Crippen MR) is 128 cm³/mol. The number of carbonyl (C=O) groups excluding carboxylic acids is 1. The maximum absolute atomic E-state index is 12.4. The Bertz CT molecular complexity index is 1270. The molecule has 1 amide bonds. The molecule has 0 atom stereocenters. The van der Waals surface area contributed by atoms with Crippen LogP contribution in [0, 0.1) is 13.8 Å². The SMILES string of the molecule is COc1ccccc1-c1c(C)nn2c(SCC(=O)NCc3ccc(Cl)cc3)cc(C)nc12. The van der Waals surface area contributed by atoms with Gasteiger partial charge in [-0.3, -0.25) is 4.79 Å². The van der Waals surface area contributed by atoms with E-state index in [0.717, 1.165) is 44.5 Å². The molecule has 0 aliphatic carbocycles. The van der Waals surface area contributed by atoms with Crippen molar-refractivity contribution >= 4 is 34.9 Å². The number of aromatic nitrogens is 3. The van der Waals surface area contributed by atoms with Crippen molar-refractivity contribution in [2.45, 2.75) is 25.4 Å². The third-order valence-corrected chi connectivity index (χ3v) is 6.23. The van der Waals surface area contributed by atoms with Gasteiger partial charge in [0.15, 0.2) is 5.65 Å². The van der Waals surface area contributed by atoms with Gasteiger partial charge in [0.25, 0.3) is 0 Å². The molecule has 0 radical (unpaired) electrons. The zero-order valence-electron chi connectivity index (χ0n) is 18.1. The van der Waals surface area contributed by atoms with Gasteiger partial charge in [0, 0.05) is 22.8 Å². The summed E-state index contributed by atoms with van der Waals surface area (Å²) in [7, 11) is 1.66. The molecule has 2 aromatic carbocycles. The van der Waals surface area contributed by atoms with E-state index < -0.39 is 0 Å². The Kier molecular flexibility index (Phi) is 6.67. The number of halogens is 1. The number of rotatable bonds is 7. The van der Waals surface area contributed by atoms with E-state index >= 15 is 0 Å². The number of methoxy groups -OCH3 is 1. The Morgan fingerprint density at radius 1 is 1.16 bits per heavy atom. The van der Waals surface area contributed by atoms with Crippen LogP contribution in [0.3, 0.4) is 0 Å². The fourth-order valence-electron chi connectivity index (χ4n) is 3.47. The minimum absolute atomic E-state index is 0.0543. The number of ether oxygens (including phenoxy) is 1. The summed E-state index contributed by atoms with van der Waals surface area (Å²) in [4.78, 5) is 17.2. The molecule has 0 aliphatic heterocycles. The van der Waals surface area contributed by atoms with Crippen LogP contribution in [0.2, 0.25) is 5.02 Å². The summed E-state index contributed by atoms with van der Waals surface area (Å²) in [6.45, 7) is 4.36. The first kappa shape index (κ1) is 22.2. The number of carbonyl (C=O) groups is 1. The molecule has 0 spiro atoms. The Balaban J connectivity index is 1.56. The number of aryl methyl sites for hydroxylation is 2. The fourth-order valence-corrected chi connectivity index (χ4v) is 4.48. The highest BCUT2D eigenvalue weighted by Crippen LogP contribution is 2.35. The molecule has 4 aromatic rings.